The van der Waals surface area contributed by atoms with Gasteiger partial charge in [-0.15, -0.1) is 5.10 Å². The third kappa shape index (κ3) is 4.24. The van der Waals surface area contributed by atoms with Crippen LogP contribution in [0.3, 0.4) is 0 Å². The second-order valence-electron chi connectivity index (χ2n) is 6.13. The molecular weight excluding hydrogens is 282 g/mol. The van der Waals surface area contributed by atoms with E-state index >= 15 is 0 Å². The lowest BCUT2D eigenvalue weighted by atomic mass is 9.96. The molecule has 114 valence electrons. The molecule has 4 nitrogen and oxygen atoms in total. The minimum Gasteiger partial charge on any atom is -0.492 e. The largest absolute Gasteiger partial charge is 0.492 e. The maximum atomic E-state index is 5.88. The molecule has 1 heterocycles. The Hall–Kier alpha value is -1.49. The molecule has 0 saturated carbocycles. The number of para-hydroxylation sites is 1. The molecule has 1 N–H and O–H groups in total. The SMILES string of the molecule is Cc1cccc(C)c1OCCSc1n[nH]c(C(C)(C)C)n1. The van der Waals surface area contributed by atoms with Crippen molar-refractivity contribution in [1.29, 1.82) is 0 Å². The Kier molecular flexibility index (Phi) is 4.93. The molecule has 2 rings (SSSR count). The minimum absolute atomic E-state index is 0.000568. The van der Waals surface area contributed by atoms with Crippen LogP contribution in [0, 0.1) is 13.8 Å². The van der Waals surface area contributed by atoms with Crippen LogP contribution in [0.25, 0.3) is 0 Å². The van der Waals surface area contributed by atoms with Gasteiger partial charge in [-0.3, -0.25) is 5.10 Å². The van der Waals surface area contributed by atoms with Crippen LogP contribution in [-0.2, 0) is 5.41 Å². The van der Waals surface area contributed by atoms with E-state index in [2.05, 4.69) is 61.9 Å². The van der Waals surface area contributed by atoms with E-state index < -0.39 is 0 Å². The molecule has 1 aromatic carbocycles. The van der Waals surface area contributed by atoms with Crippen molar-refractivity contribution in [2.24, 2.45) is 0 Å². The van der Waals surface area contributed by atoms with Gasteiger partial charge in [-0.2, -0.15) is 0 Å². The molecule has 0 spiro atoms. The highest BCUT2D eigenvalue weighted by Gasteiger charge is 2.18. The maximum absolute atomic E-state index is 5.88. The van der Waals surface area contributed by atoms with Crippen LogP contribution in [0.1, 0.15) is 37.7 Å². The molecule has 0 aliphatic rings. The van der Waals surface area contributed by atoms with Gasteiger partial charge in [-0.25, -0.2) is 4.98 Å². The summed E-state index contributed by atoms with van der Waals surface area (Å²) in [6.07, 6.45) is 0. The third-order valence-electron chi connectivity index (χ3n) is 3.14. The zero-order valence-corrected chi connectivity index (χ0v) is 14.2. The highest BCUT2D eigenvalue weighted by atomic mass is 32.2. The lowest BCUT2D eigenvalue weighted by molar-refractivity contribution is 0.339. The second kappa shape index (κ2) is 6.52. The molecule has 0 aliphatic carbocycles. The smallest absolute Gasteiger partial charge is 0.208 e. The molecular formula is C16H23N3OS. The fraction of sp³-hybridized carbons (Fsp3) is 0.500. The van der Waals surface area contributed by atoms with Crippen molar-refractivity contribution in [3.05, 3.63) is 35.2 Å². The molecule has 0 amide bonds. The van der Waals surface area contributed by atoms with Crippen molar-refractivity contribution in [3.8, 4) is 5.75 Å². The molecule has 1 aromatic heterocycles. The Morgan fingerprint density at radius 3 is 2.43 bits per heavy atom. The Labute approximate surface area is 130 Å². The van der Waals surface area contributed by atoms with E-state index in [9.17, 15) is 0 Å². The van der Waals surface area contributed by atoms with Gasteiger partial charge in [-0.05, 0) is 25.0 Å². The Balaban J connectivity index is 1.84. The van der Waals surface area contributed by atoms with Crippen LogP contribution < -0.4 is 4.74 Å². The molecule has 0 bridgehead atoms. The van der Waals surface area contributed by atoms with Gasteiger partial charge in [0.25, 0.3) is 0 Å². The van der Waals surface area contributed by atoms with Crippen LogP contribution in [-0.4, -0.2) is 27.5 Å². The summed E-state index contributed by atoms with van der Waals surface area (Å²) in [4.78, 5) is 4.50. The molecule has 0 aliphatic heterocycles. The van der Waals surface area contributed by atoms with Gasteiger partial charge >= 0.3 is 0 Å². The van der Waals surface area contributed by atoms with E-state index in [0.717, 1.165) is 22.5 Å². The fourth-order valence-corrected chi connectivity index (χ4v) is 2.57. The van der Waals surface area contributed by atoms with Crippen LogP contribution >= 0.6 is 11.8 Å². The topological polar surface area (TPSA) is 50.8 Å². The number of aryl methyl sites for hydroxylation is 2. The number of nitrogens with one attached hydrogen (secondary N) is 1. The number of aromatic nitrogens is 3. The van der Waals surface area contributed by atoms with Gasteiger partial charge in [0.1, 0.15) is 11.6 Å². The molecule has 0 atom stereocenters. The molecule has 2 aromatic rings. The van der Waals surface area contributed by atoms with Gasteiger partial charge in [0.15, 0.2) is 0 Å². The Morgan fingerprint density at radius 1 is 1.19 bits per heavy atom. The standard InChI is InChI=1S/C16H23N3OS/c1-11-7-6-8-12(2)13(11)20-9-10-21-15-17-14(18-19-15)16(3,4)5/h6-8H,9-10H2,1-5H3,(H,17,18,19). The number of rotatable bonds is 5. The predicted molar refractivity (Wildman–Crippen MR) is 87.2 cm³/mol. The van der Waals surface area contributed by atoms with Gasteiger partial charge in [0, 0.05) is 11.2 Å². The van der Waals surface area contributed by atoms with Crippen molar-refractivity contribution >= 4 is 11.8 Å². The first-order chi connectivity index (χ1) is 9.88. The van der Waals surface area contributed by atoms with Crippen molar-refractivity contribution < 1.29 is 4.74 Å². The summed E-state index contributed by atoms with van der Waals surface area (Å²) in [7, 11) is 0. The molecule has 21 heavy (non-hydrogen) atoms. The third-order valence-corrected chi connectivity index (χ3v) is 3.96. The summed E-state index contributed by atoms with van der Waals surface area (Å²) in [6, 6.07) is 6.19. The van der Waals surface area contributed by atoms with E-state index in [1.807, 2.05) is 6.07 Å². The first-order valence-electron chi connectivity index (χ1n) is 7.12. The highest BCUT2D eigenvalue weighted by molar-refractivity contribution is 7.99. The number of thioether (sulfide) groups is 1. The quantitative estimate of drug-likeness (QED) is 0.672. The van der Waals surface area contributed by atoms with Crippen molar-refractivity contribution in [2.75, 3.05) is 12.4 Å². The van der Waals surface area contributed by atoms with E-state index in [0.29, 0.717) is 6.61 Å². The van der Waals surface area contributed by atoms with Crippen LogP contribution in [0.5, 0.6) is 5.75 Å². The normalized spacial score (nSPS) is 11.7. The monoisotopic (exact) mass is 305 g/mol. The van der Waals surface area contributed by atoms with Crippen molar-refractivity contribution in [2.45, 2.75) is 45.2 Å². The number of nitrogens with zero attached hydrogens (tertiary/aromatic N) is 2. The predicted octanol–water partition coefficient (Wildman–Crippen LogP) is 3.89. The van der Waals surface area contributed by atoms with Crippen molar-refractivity contribution in [1.82, 2.24) is 15.2 Å². The van der Waals surface area contributed by atoms with Gasteiger partial charge in [0.05, 0.1) is 6.61 Å². The van der Waals surface area contributed by atoms with E-state index in [1.165, 1.54) is 11.1 Å². The average Bonchev–Trinajstić information content (AvgIpc) is 2.86. The number of aromatic amines is 1. The summed E-state index contributed by atoms with van der Waals surface area (Å²) in [6.45, 7) is 11.1. The van der Waals surface area contributed by atoms with Crippen LogP contribution in [0.2, 0.25) is 0 Å². The number of hydrogen-bond donors (Lipinski definition) is 1. The molecule has 0 unspecified atom stereocenters. The first kappa shape index (κ1) is 15.9. The summed E-state index contributed by atoms with van der Waals surface area (Å²) in [5, 5.41) is 8.02. The highest BCUT2D eigenvalue weighted by Crippen LogP contribution is 2.24. The van der Waals surface area contributed by atoms with E-state index in [1.54, 1.807) is 11.8 Å². The van der Waals surface area contributed by atoms with E-state index in [-0.39, 0.29) is 5.41 Å². The Bertz CT molecular complexity index is 582. The Morgan fingerprint density at radius 2 is 1.86 bits per heavy atom. The second-order valence-corrected chi connectivity index (χ2v) is 7.20. The number of H-pyrrole nitrogens is 1. The summed E-state index contributed by atoms with van der Waals surface area (Å²) in [5.41, 5.74) is 2.35. The van der Waals surface area contributed by atoms with Crippen LogP contribution in [0.4, 0.5) is 0 Å². The van der Waals surface area contributed by atoms with Crippen LogP contribution in [0.15, 0.2) is 23.4 Å². The zero-order valence-electron chi connectivity index (χ0n) is 13.4. The van der Waals surface area contributed by atoms with Gasteiger partial charge in [0.2, 0.25) is 5.16 Å². The zero-order chi connectivity index (χ0) is 15.5. The summed E-state index contributed by atoms with van der Waals surface area (Å²) < 4.78 is 5.88. The van der Waals surface area contributed by atoms with Crippen molar-refractivity contribution in [3.63, 3.8) is 0 Å². The maximum Gasteiger partial charge on any atom is 0.208 e. The van der Waals surface area contributed by atoms with Gasteiger partial charge < -0.3 is 4.74 Å². The minimum atomic E-state index is 0.000568. The number of hydrogen-bond acceptors (Lipinski definition) is 4. The van der Waals surface area contributed by atoms with Gasteiger partial charge in [-0.1, -0.05) is 50.7 Å². The lowest BCUT2D eigenvalue weighted by Gasteiger charge is -2.12. The first-order valence-corrected chi connectivity index (χ1v) is 8.11. The summed E-state index contributed by atoms with van der Waals surface area (Å²) in [5.74, 6) is 2.74. The average molecular weight is 305 g/mol. The van der Waals surface area contributed by atoms with E-state index in [4.69, 9.17) is 4.74 Å². The lowest BCUT2D eigenvalue weighted by Crippen LogP contribution is -2.13. The molecule has 0 fully saturated rings. The fourth-order valence-electron chi connectivity index (χ4n) is 1.95. The number of benzene rings is 1. The summed E-state index contributed by atoms with van der Waals surface area (Å²) >= 11 is 1.61. The molecule has 5 heteroatoms. The molecule has 0 radical (unpaired) electrons. The molecule has 0 saturated heterocycles. The number of ether oxygens (including phenoxy) is 1.